The largest absolute Gasteiger partial charge is 0.508 e. The molecule has 2 aliphatic rings. The number of carbonyl (C=O) groups is 1. The zero-order valence-electron chi connectivity index (χ0n) is 17.8. The molecule has 0 aliphatic carbocycles. The Hall–Kier alpha value is -2.17. The Morgan fingerprint density at radius 2 is 1.38 bits per heavy atom. The second-order valence-electron chi connectivity index (χ2n) is 7.94. The van der Waals surface area contributed by atoms with Crippen molar-refractivity contribution in [2.45, 2.75) is 61.4 Å². The third-order valence-electron chi connectivity index (χ3n) is 5.48. The van der Waals surface area contributed by atoms with Crippen LogP contribution < -0.4 is 0 Å². The van der Waals surface area contributed by atoms with Crippen molar-refractivity contribution >= 4 is 12.0 Å². The van der Waals surface area contributed by atoms with Crippen LogP contribution in [0.5, 0.6) is 5.75 Å². The molecule has 0 unspecified atom stereocenters. The van der Waals surface area contributed by atoms with E-state index in [9.17, 15) is 45.6 Å². The quantitative estimate of drug-likeness (QED) is 0.139. The molecule has 2 aliphatic heterocycles. The van der Waals surface area contributed by atoms with Gasteiger partial charge in [0.15, 0.2) is 12.6 Å². The molecule has 1 aromatic rings. The van der Waals surface area contributed by atoms with Gasteiger partial charge in [-0.05, 0) is 23.8 Å². The van der Waals surface area contributed by atoms with Crippen molar-refractivity contribution in [3.63, 3.8) is 0 Å². The van der Waals surface area contributed by atoms with Gasteiger partial charge in [0.1, 0.15) is 61.2 Å². The fraction of sp³-hybridized carbons (Fsp3) is 0.571. The Morgan fingerprint density at radius 3 is 2.03 bits per heavy atom. The average molecular weight is 488 g/mol. The smallest absolute Gasteiger partial charge is 0.330 e. The summed E-state index contributed by atoms with van der Waals surface area (Å²) in [6, 6.07) is 6.01. The van der Waals surface area contributed by atoms with Crippen LogP contribution in [0, 0.1) is 0 Å². The Morgan fingerprint density at radius 1 is 0.794 bits per heavy atom. The molecule has 190 valence electrons. The van der Waals surface area contributed by atoms with Gasteiger partial charge in [-0.3, -0.25) is 0 Å². The van der Waals surface area contributed by atoms with Crippen molar-refractivity contribution in [2.24, 2.45) is 0 Å². The van der Waals surface area contributed by atoms with E-state index in [4.69, 9.17) is 18.9 Å². The van der Waals surface area contributed by atoms with Gasteiger partial charge >= 0.3 is 5.97 Å². The van der Waals surface area contributed by atoms with Gasteiger partial charge in [0.25, 0.3) is 0 Å². The summed E-state index contributed by atoms with van der Waals surface area (Å²) in [5.41, 5.74) is 0.616. The number of hydrogen-bond acceptors (Lipinski definition) is 13. The zero-order chi connectivity index (χ0) is 25.0. The molecule has 8 N–H and O–H groups in total. The average Bonchev–Trinajstić information content (AvgIpc) is 2.82. The Labute approximate surface area is 193 Å². The molecule has 13 heteroatoms. The lowest BCUT2D eigenvalue weighted by Crippen LogP contribution is -2.61. The first-order valence-corrected chi connectivity index (χ1v) is 10.4. The number of ether oxygens (including phenoxy) is 4. The summed E-state index contributed by atoms with van der Waals surface area (Å²) in [5, 5.41) is 78.4. The summed E-state index contributed by atoms with van der Waals surface area (Å²) in [6.45, 7) is -1.04. The highest BCUT2D eigenvalue weighted by Gasteiger charge is 2.47. The molecule has 2 fully saturated rings. The van der Waals surface area contributed by atoms with E-state index in [1.54, 1.807) is 12.1 Å². The van der Waals surface area contributed by atoms with E-state index in [1.165, 1.54) is 18.2 Å². The predicted octanol–water partition coefficient (Wildman–Crippen LogP) is -3.43. The molecule has 1 aromatic carbocycles. The normalized spacial score (nSPS) is 38.7. The molecule has 10 atom stereocenters. The maximum Gasteiger partial charge on any atom is 0.330 e. The molecular weight excluding hydrogens is 460 g/mol. The van der Waals surface area contributed by atoms with Gasteiger partial charge in [-0.2, -0.15) is 0 Å². The van der Waals surface area contributed by atoms with Crippen molar-refractivity contribution in [2.75, 3.05) is 13.2 Å². The highest BCUT2D eigenvalue weighted by atomic mass is 16.7. The first-order valence-electron chi connectivity index (χ1n) is 10.4. The van der Waals surface area contributed by atoms with Crippen molar-refractivity contribution in [1.82, 2.24) is 0 Å². The summed E-state index contributed by atoms with van der Waals surface area (Å²) in [6.07, 6.45) is -13.6. The molecule has 0 aromatic heterocycles. The fourth-order valence-corrected chi connectivity index (χ4v) is 3.41. The Bertz CT molecular complexity index is 830. The van der Waals surface area contributed by atoms with Gasteiger partial charge in [-0.1, -0.05) is 12.1 Å². The van der Waals surface area contributed by atoms with Gasteiger partial charge in [0.05, 0.1) is 6.61 Å². The fourth-order valence-electron chi connectivity index (χ4n) is 3.41. The number of hydrogen-bond donors (Lipinski definition) is 8. The molecule has 2 heterocycles. The van der Waals surface area contributed by atoms with Gasteiger partial charge in [-0.15, -0.1) is 0 Å². The number of aliphatic hydroxyl groups excluding tert-OH is 7. The number of esters is 1. The predicted molar refractivity (Wildman–Crippen MR) is 110 cm³/mol. The molecule has 3 rings (SSSR count). The molecule has 13 nitrogen and oxygen atoms in total. The maximum absolute atomic E-state index is 12.0. The zero-order valence-corrected chi connectivity index (χ0v) is 17.8. The third-order valence-corrected chi connectivity index (χ3v) is 5.48. The van der Waals surface area contributed by atoms with Gasteiger partial charge in [0, 0.05) is 6.08 Å². The van der Waals surface area contributed by atoms with Crippen molar-refractivity contribution in [1.29, 1.82) is 0 Å². The highest BCUT2D eigenvalue weighted by Crippen LogP contribution is 2.25. The standard InChI is InChI=1S/C21H28O13/c22-10-4-1-9(2-5-10)3-6-13(23)31-7-12-15(25)17(27)19(29)21(34-12)32-8-11-14(24)16(26)18(28)20(30)33-11/h1-6,11-12,14-22,24-30H,7-8H2/b6-3+/t11-,12-,14-,15-,16+,17+,18-,19-,20-,21-/m1/s1. The maximum atomic E-state index is 12.0. The van der Waals surface area contributed by atoms with E-state index in [-0.39, 0.29) is 5.75 Å². The number of rotatable bonds is 7. The lowest BCUT2D eigenvalue weighted by molar-refractivity contribution is -0.326. The van der Waals surface area contributed by atoms with E-state index < -0.39 is 80.6 Å². The van der Waals surface area contributed by atoms with E-state index >= 15 is 0 Å². The van der Waals surface area contributed by atoms with E-state index in [2.05, 4.69) is 0 Å². The van der Waals surface area contributed by atoms with Crippen molar-refractivity contribution < 1.29 is 64.6 Å². The number of phenolic OH excluding ortho intramolecular Hbond substituents is 1. The Balaban J connectivity index is 1.53. The number of phenols is 1. The number of aliphatic hydroxyl groups is 7. The van der Waals surface area contributed by atoms with E-state index in [0.717, 1.165) is 6.08 Å². The van der Waals surface area contributed by atoms with Gasteiger partial charge < -0.3 is 59.8 Å². The van der Waals surface area contributed by atoms with Crippen molar-refractivity contribution in [3.05, 3.63) is 35.9 Å². The van der Waals surface area contributed by atoms with Crippen LogP contribution in [-0.2, 0) is 23.7 Å². The first-order chi connectivity index (χ1) is 16.1. The lowest BCUT2D eigenvalue weighted by Gasteiger charge is -2.42. The summed E-state index contributed by atoms with van der Waals surface area (Å²) in [5.74, 6) is -0.725. The molecule has 2 saturated heterocycles. The van der Waals surface area contributed by atoms with Gasteiger partial charge in [-0.25, -0.2) is 4.79 Å². The minimum Gasteiger partial charge on any atom is -0.508 e. The molecule has 0 spiro atoms. The third kappa shape index (κ3) is 6.28. The minimum atomic E-state index is -1.79. The van der Waals surface area contributed by atoms with Crippen LogP contribution in [0.3, 0.4) is 0 Å². The number of carbonyl (C=O) groups excluding carboxylic acids is 1. The number of aromatic hydroxyl groups is 1. The Kier molecular flexibility index (Phi) is 8.95. The van der Waals surface area contributed by atoms with Crippen molar-refractivity contribution in [3.8, 4) is 5.75 Å². The van der Waals surface area contributed by atoms with Crippen LogP contribution in [0.4, 0.5) is 0 Å². The summed E-state index contributed by atoms with van der Waals surface area (Å²) in [4.78, 5) is 12.0. The monoisotopic (exact) mass is 488 g/mol. The first kappa shape index (κ1) is 26.4. The minimum absolute atomic E-state index is 0.0650. The lowest BCUT2D eigenvalue weighted by atomic mass is 9.98. The summed E-state index contributed by atoms with van der Waals surface area (Å²) < 4.78 is 20.7. The number of benzene rings is 1. The summed E-state index contributed by atoms with van der Waals surface area (Å²) in [7, 11) is 0. The molecule has 0 bridgehead atoms. The molecule has 0 saturated carbocycles. The highest BCUT2D eigenvalue weighted by molar-refractivity contribution is 5.87. The van der Waals surface area contributed by atoms with Crippen LogP contribution in [0.2, 0.25) is 0 Å². The van der Waals surface area contributed by atoms with Crippen LogP contribution in [-0.4, -0.2) is 121 Å². The van der Waals surface area contributed by atoms with Crippen LogP contribution >= 0.6 is 0 Å². The van der Waals surface area contributed by atoms with Crippen LogP contribution in [0.1, 0.15) is 5.56 Å². The second kappa shape index (κ2) is 11.5. The molecule has 34 heavy (non-hydrogen) atoms. The summed E-state index contributed by atoms with van der Waals surface area (Å²) >= 11 is 0. The molecular formula is C21H28O13. The van der Waals surface area contributed by atoms with E-state index in [1.807, 2.05) is 0 Å². The van der Waals surface area contributed by atoms with Crippen LogP contribution in [0.25, 0.3) is 6.08 Å². The second-order valence-corrected chi connectivity index (χ2v) is 7.94. The van der Waals surface area contributed by atoms with E-state index in [0.29, 0.717) is 5.56 Å². The van der Waals surface area contributed by atoms with Gasteiger partial charge in [0.2, 0.25) is 0 Å². The topological polar surface area (TPSA) is 216 Å². The molecule has 0 amide bonds. The van der Waals surface area contributed by atoms with Crippen LogP contribution in [0.15, 0.2) is 30.3 Å². The molecule has 0 radical (unpaired) electrons. The SMILES string of the molecule is O=C(/C=C/c1ccc(O)cc1)OC[C@H]1O[C@@H](OC[C@H]2O[C@@H](O)[C@H](O)[C@@H](O)[C@@H]2O)[C@H](O)[C@@H](O)[C@@H]1O.